The van der Waals surface area contributed by atoms with Crippen molar-refractivity contribution in [2.24, 2.45) is 0 Å². The number of aryl methyl sites for hydroxylation is 1. The van der Waals surface area contributed by atoms with Gasteiger partial charge in [0.15, 0.2) is 0 Å². The molecule has 0 spiro atoms. The van der Waals surface area contributed by atoms with Crippen molar-refractivity contribution >= 4 is 11.6 Å². The third-order valence-electron chi connectivity index (χ3n) is 3.36. The molecular weight excluding hydrogens is 260 g/mol. The minimum Gasteiger partial charge on any atom is -0.370 e. The number of hydrogen-bond acceptors (Lipinski definition) is 4. The standard InChI is InChI=1S/C17H24N4/c1-4-15-19-16(18-5-2)12-17(20-15)21(6-3)13-14-10-8-7-9-11-14/h7-12H,4-6,13H2,1-3H3,(H,18,19,20). The van der Waals surface area contributed by atoms with E-state index in [0.29, 0.717) is 0 Å². The minimum atomic E-state index is 0.842. The van der Waals surface area contributed by atoms with Crippen molar-refractivity contribution in [3.63, 3.8) is 0 Å². The lowest BCUT2D eigenvalue weighted by Crippen LogP contribution is -2.24. The van der Waals surface area contributed by atoms with Crippen molar-refractivity contribution in [2.45, 2.75) is 33.7 Å². The first-order valence-electron chi connectivity index (χ1n) is 7.67. The van der Waals surface area contributed by atoms with Crippen LogP contribution in [0, 0.1) is 0 Å². The minimum absolute atomic E-state index is 0.842. The van der Waals surface area contributed by atoms with Gasteiger partial charge in [-0.15, -0.1) is 0 Å². The second-order valence-corrected chi connectivity index (χ2v) is 4.91. The number of benzene rings is 1. The zero-order valence-corrected chi connectivity index (χ0v) is 13.1. The molecule has 0 aliphatic carbocycles. The first-order chi connectivity index (χ1) is 10.3. The van der Waals surface area contributed by atoms with Gasteiger partial charge in [-0.05, 0) is 19.4 Å². The van der Waals surface area contributed by atoms with Crippen molar-refractivity contribution in [1.82, 2.24) is 9.97 Å². The largest absolute Gasteiger partial charge is 0.370 e. The number of nitrogens with one attached hydrogen (secondary N) is 1. The first kappa shape index (κ1) is 15.3. The molecule has 1 N–H and O–H groups in total. The highest BCUT2D eigenvalue weighted by atomic mass is 15.2. The maximum Gasteiger partial charge on any atom is 0.134 e. The van der Waals surface area contributed by atoms with Gasteiger partial charge < -0.3 is 10.2 Å². The molecule has 1 aromatic carbocycles. The summed E-state index contributed by atoms with van der Waals surface area (Å²) in [4.78, 5) is 11.5. The monoisotopic (exact) mass is 284 g/mol. The molecule has 0 saturated carbocycles. The van der Waals surface area contributed by atoms with Crippen molar-refractivity contribution in [3.05, 3.63) is 47.8 Å². The lowest BCUT2D eigenvalue weighted by atomic mass is 10.2. The third-order valence-corrected chi connectivity index (χ3v) is 3.36. The van der Waals surface area contributed by atoms with Crippen molar-refractivity contribution in [3.8, 4) is 0 Å². The van der Waals surface area contributed by atoms with Crippen LogP contribution >= 0.6 is 0 Å². The lowest BCUT2D eigenvalue weighted by molar-refractivity contribution is 0.797. The highest BCUT2D eigenvalue weighted by molar-refractivity contribution is 5.49. The van der Waals surface area contributed by atoms with Crippen molar-refractivity contribution < 1.29 is 0 Å². The molecule has 0 fully saturated rings. The maximum absolute atomic E-state index is 4.68. The van der Waals surface area contributed by atoms with E-state index in [9.17, 15) is 0 Å². The van der Waals surface area contributed by atoms with Crippen LogP contribution in [0.4, 0.5) is 11.6 Å². The number of nitrogens with zero attached hydrogens (tertiary/aromatic N) is 3. The summed E-state index contributed by atoms with van der Waals surface area (Å²) < 4.78 is 0. The number of aromatic nitrogens is 2. The van der Waals surface area contributed by atoms with Crippen LogP contribution in [0.5, 0.6) is 0 Å². The van der Waals surface area contributed by atoms with Crippen molar-refractivity contribution in [1.29, 1.82) is 0 Å². The highest BCUT2D eigenvalue weighted by Crippen LogP contribution is 2.18. The summed E-state index contributed by atoms with van der Waals surface area (Å²) in [6.07, 6.45) is 0.842. The highest BCUT2D eigenvalue weighted by Gasteiger charge is 2.10. The van der Waals surface area contributed by atoms with Crippen LogP contribution in [0.2, 0.25) is 0 Å². The Hall–Kier alpha value is -2.10. The quantitative estimate of drug-likeness (QED) is 0.845. The number of anilines is 2. The predicted molar refractivity (Wildman–Crippen MR) is 88.7 cm³/mol. The van der Waals surface area contributed by atoms with Crippen LogP contribution in [-0.4, -0.2) is 23.1 Å². The topological polar surface area (TPSA) is 41.0 Å². The molecule has 0 atom stereocenters. The summed E-state index contributed by atoms with van der Waals surface area (Å²) >= 11 is 0. The fourth-order valence-electron chi connectivity index (χ4n) is 2.23. The van der Waals surface area contributed by atoms with E-state index in [1.165, 1.54) is 5.56 Å². The Balaban J connectivity index is 2.26. The van der Waals surface area contributed by atoms with E-state index < -0.39 is 0 Å². The molecule has 0 bridgehead atoms. The summed E-state index contributed by atoms with van der Waals surface area (Å²) in [5, 5.41) is 3.29. The van der Waals surface area contributed by atoms with E-state index in [2.05, 4.69) is 65.2 Å². The smallest absolute Gasteiger partial charge is 0.134 e. The molecule has 0 aliphatic heterocycles. The Morgan fingerprint density at radius 2 is 1.81 bits per heavy atom. The summed E-state index contributed by atoms with van der Waals surface area (Å²) in [5.41, 5.74) is 1.29. The van der Waals surface area contributed by atoms with Gasteiger partial charge in [0.05, 0.1) is 0 Å². The van der Waals surface area contributed by atoms with Gasteiger partial charge >= 0.3 is 0 Å². The Kier molecular flexibility index (Phi) is 5.55. The van der Waals surface area contributed by atoms with Crippen LogP contribution in [0.1, 0.15) is 32.2 Å². The van der Waals surface area contributed by atoms with Gasteiger partial charge in [0.2, 0.25) is 0 Å². The molecule has 2 aromatic rings. The molecule has 4 heteroatoms. The lowest BCUT2D eigenvalue weighted by Gasteiger charge is -2.23. The SMILES string of the molecule is CCNc1cc(N(CC)Cc2ccccc2)nc(CC)n1. The molecule has 0 radical (unpaired) electrons. The van der Waals surface area contributed by atoms with E-state index in [-0.39, 0.29) is 0 Å². The Morgan fingerprint density at radius 3 is 2.43 bits per heavy atom. The molecule has 1 heterocycles. The Labute approximate surface area is 127 Å². The molecule has 0 amide bonds. The van der Waals surface area contributed by atoms with Crippen LogP contribution < -0.4 is 10.2 Å². The second-order valence-electron chi connectivity index (χ2n) is 4.91. The van der Waals surface area contributed by atoms with Gasteiger partial charge in [-0.2, -0.15) is 0 Å². The van der Waals surface area contributed by atoms with E-state index >= 15 is 0 Å². The zero-order valence-electron chi connectivity index (χ0n) is 13.1. The van der Waals surface area contributed by atoms with Gasteiger partial charge in [0.25, 0.3) is 0 Å². The fourth-order valence-corrected chi connectivity index (χ4v) is 2.23. The van der Waals surface area contributed by atoms with E-state index in [0.717, 1.165) is 43.5 Å². The predicted octanol–water partition coefficient (Wildman–Crippen LogP) is 3.50. The summed E-state index contributed by atoms with van der Waals surface area (Å²) in [7, 11) is 0. The van der Waals surface area contributed by atoms with E-state index in [1.807, 2.05) is 12.1 Å². The van der Waals surface area contributed by atoms with Crippen LogP contribution in [0.15, 0.2) is 36.4 Å². The molecule has 4 nitrogen and oxygen atoms in total. The normalized spacial score (nSPS) is 10.4. The molecule has 0 unspecified atom stereocenters. The van der Waals surface area contributed by atoms with Gasteiger partial charge in [-0.3, -0.25) is 0 Å². The van der Waals surface area contributed by atoms with Crippen LogP contribution in [0.25, 0.3) is 0 Å². The molecular formula is C17H24N4. The van der Waals surface area contributed by atoms with E-state index in [4.69, 9.17) is 0 Å². The summed E-state index contributed by atoms with van der Waals surface area (Å²) in [6.45, 7) is 8.97. The van der Waals surface area contributed by atoms with Gasteiger partial charge in [-0.25, -0.2) is 9.97 Å². The Morgan fingerprint density at radius 1 is 1.05 bits per heavy atom. The third kappa shape index (κ3) is 4.18. The van der Waals surface area contributed by atoms with Gasteiger partial charge in [0.1, 0.15) is 17.5 Å². The van der Waals surface area contributed by atoms with E-state index in [1.54, 1.807) is 0 Å². The van der Waals surface area contributed by atoms with Gasteiger partial charge in [-0.1, -0.05) is 37.3 Å². The summed E-state index contributed by atoms with van der Waals surface area (Å²) in [6, 6.07) is 12.5. The zero-order chi connectivity index (χ0) is 15.1. The molecule has 112 valence electrons. The van der Waals surface area contributed by atoms with Crippen molar-refractivity contribution in [2.75, 3.05) is 23.3 Å². The number of hydrogen-bond donors (Lipinski definition) is 1. The summed E-state index contributed by atoms with van der Waals surface area (Å²) in [5.74, 6) is 2.78. The fraction of sp³-hybridized carbons (Fsp3) is 0.412. The molecule has 2 rings (SSSR count). The van der Waals surface area contributed by atoms with Crippen LogP contribution in [0.3, 0.4) is 0 Å². The van der Waals surface area contributed by atoms with Gasteiger partial charge in [0, 0.05) is 32.1 Å². The molecule has 1 aromatic heterocycles. The molecule has 21 heavy (non-hydrogen) atoms. The second kappa shape index (κ2) is 7.62. The average Bonchev–Trinajstić information content (AvgIpc) is 2.53. The first-order valence-corrected chi connectivity index (χ1v) is 7.67. The average molecular weight is 284 g/mol. The number of rotatable bonds is 7. The maximum atomic E-state index is 4.68. The van der Waals surface area contributed by atoms with Crippen LogP contribution in [-0.2, 0) is 13.0 Å². The Bertz CT molecular complexity index is 554. The molecule has 0 saturated heterocycles. The molecule has 0 aliphatic rings.